The van der Waals surface area contributed by atoms with Crippen molar-refractivity contribution < 1.29 is 14.0 Å². The molecule has 6 nitrogen and oxygen atoms in total. The molecule has 1 aromatic rings. The summed E-state index contributed by atoms with van der Waals surface area (Å²) in [6.45, 7) is 6.99. The molecule has 1 aliphatic rings. The molecule has 0 aromatic heterocycles. The van der Waals surface area contributed by atoms with Gasteiger partial charge >= 0.3 is 6.03 Å². The van der Waals surface area contributed by atoms with Gasteiger partial charge in [-0.3, -0.25) is 4.79 Å². The first kappa shape index (κ1) is 22.2. The third-order valence-corrected chi connectivity index (χ3v) is 4.44. The Bertz CT molecular complexity index is 611. The van der Waals surface area contributed by atoms with Gasteiger partial charge in [-0.2, -0.15) is 0 Å². The molecule has 2 rings (SSSR count). The molecule has 0 saturated carbocycles. The standard InChI is InChI=1S/C18H27FN4O2.ClH/c1-18(2,3)15(20)16(24)23-10-8-14(9-11-23)22-17(25)21-13-6-4-12(19)5-7-13;/h4-7,14-15H,8-11,20H2,1-3H3,(H2,21,22,25);1H/t15-;/m1./s1. The van der Waals surface area contributed by atoms with Gasteiger partial charge in [-0.05, 0) is 42.5 Å². The lowest BCUT2D eigenvalue weighted by Gasteiger charge is -2.36. The van der Waals surface area contributed by atoms with Crippen molar-refractivity contribution in [2.45, 2.75) is 45.7 Å². The summed E-state index contributed by atoms with van der Waals surface area (Å²) in [6.07, 6.45) is 1.36. The summed E-state index contributed by atoms with van der Waals surface area (Å²) in [5.74, 6) is -0.391. The van der Waals surface area contributed by atoms with Crippen LogP contribution in [0.4, 0.5) is 14.9 Å². The van der Waals surface area contributed by atoms with Crippen molar-refractivity contribution >= 4 is 30.0 Å². The monoisotopic (exact) mass is 386 g/mol. The number of hydrogen-bond donors (Lipinski definition) is 3. The Labute approximate surface area is 160 Å². The summed E-state index contributed by atoms with van der Waals surface area (Å²) < 4.78 is 12.9. The molecule has 1 heterocycles. The van der Waals surface area contributed by atoms with Crippen LogP contribution in [0.15, 0.2) is 24.3 Å². The number of nitrogens with one attached hydrogen (secondary N) is 2. The van der Waals surface area contributed by atoms with E-state index in [2.05, 4.69) is 10.6 Å². The summed E-state index contributed by atoms with van der Waals surface area (Å²) in [4.78, 5) is 26.2. The van der Waals surface area contributed by atoms with Crippen LogP contribution < -0.4 is 16.4 Å². The predicted molar refractivity (Wildman–Crippen MR) is 103 cm³/mol. The molecule has 4 N–H and O–H groups in total. The first-order valence-corrected chi connectivity index (χ1v) is 8.54. The second-order valence-electron chi connectivity index (χ2n) is 7.55. The van der Waals surface area contributed by atoms with E-state index in [1.165, 1.54) is 24.3 Å². The van der Waals surface area contributed by atoms with Gasteiger partial charge < -0.3 is 21.3 Å². The molecule has 0 aliphatic carbocycles. The molecule has 0 radical (unpaired) electrons. The molecule has 8 heteroatoms. The van der Waals surface area contributed by atoms with Crippen molar-refractivity contribution in [2.24, 2.45) is 11.1 Å². The van der Waals surface area contributed by atoms with Crippen LogP contribution in [0.1, 0.15) is 33.6 Å². The average Bonchev–Trinajstić information content (AvgIpc) is 2.55. The summed E-state index contributed by atoms with van der Waals surface area (Å²) in [7, 11) is 0. The van der Waals surface area contributed by atoms with E-state index < -0.39 is 6.04 Å². The highest BCUT2D eigenvalue weighted by atomic mass is 35.5. The summed E-state index contributed by atoms with van der Waals surface area (Å²) in [5.41, 5.74) is 6.29. The molecular weight excluding hydrogens is 359 g/mol. The largest absolute Gasteiger partial charge is 0.341 e. The van der Waals surface area contributed by atoms with E-state index in [1.807, 2.05) is 20.8 Å². The highest BCUT2D eigenvalue weighted by molar-refractivity contribution is 5.89. The van der Waals surface area contributed by atoms with Crippen LogP contribution in [-0.4, -0.2) is 42.0 Å². The maximum absolute atomic E-state index is 12.9. The van der Waals surface area contributed by atoms with E-state index in [9.17, 15) is 14.0 Å². The van der Waals surface area contributed by atoms with Crippen molar-refractivity contribution in [1.82, 2.24) is 10.2 Å². The number of likely N-dealkylation sites (tertiary alicyclic amines) is 1. The normalized spacial score (nSPS) is 16.4. The zero-order chi connectivity index (χ0) is 18.6. The molecule has 1 aromatic carbocycles. The maximum Gasteiger partial charge on any atom is 0.319 e. The first-order chi connectivity index (χ1) is 11.7. The Morgan fingerprint density at radius 2 is 1.73 bits per heavy atom. The van der Waals surface area contributed by atoms with Gasteiger partial charge in [-0.25, -0.2) is 9.18 Å². The fraction of sp³-hybridized carbons (Fsp3) is 0.556. The van der Waals surface area contributed by atoms with Gasteiger partial charge in [0.2, 0.25) is 5.91 Å². The van der Waals surface area contributed by atoms with Gasteiger partial charge in [0.15, 0.2) is 0 Å². The van der Waals surface area contributed by atoms with Crippen molar-refractivity contribution in [3.63, 3.8) is 0 Å². The number of amides is 3. The van der Waals surface area contributed by atoms with Gasteiger partial charge in [0, 0.05) is 24.8 Å². The van der Waals surface area contributed by atoms with Crippen LogP contribution in [-0.2, 0) is 4.79 Å². The fourth-order valence-electron chi connectivity index (χ4n) is 2.70. The van der Waals surface area contributed by atoms with Gasteiger partial charge in [-0.15, -0.1) is 12.4 Å². The fourth-order valence-corrected chi connectivity index (χ4v) is 2.70. The zero-order valence-electron chi connectivity index (χ0n) is 15.4. The highest BCUT2D eigenvalue weighted by Gasteiger charge is 2.33. The quantitative estimate of drug-likeness (QED) is 0.746. The minimum atomic E-state index is -0.529. The maximum atomic E-state index is 12.9. The summed E-state index contributed by atoms with van der Waals surface area (Å²) >= 11 is 0. The van der Waals surface area contributed by atoms with Crippen molar-refractivity contribution in [1.29, 1.82) is 0 Å². The molecule has 0 unspecified atom stereocenters. The lowest BCUT2D eigenvalue weighted by Crippen LogP contribution is -2.54. The minimum absolute atomic E-state index is 0. The summed E-state index contributed by atoms with van der Waals surface area (Å²) in [5, 5.41) is 5.56. The van der Waals surface area contributed by atoms with Crippen LogP contribution in [0.25, 0.3) is 0 Å². The summed E-state index contributed by atoms with van der Waals surface area (Å²) in [6, 6.07) is 4.72. The molecular formula is C18H28ClFN4O2. The Hall–Kier alpha value is -1.86. The van der Waals surface area contributed by atoms with Crippen LogP contribution in [0.2, 0.25) is 0 Å². The lowest BCUT2D eigenvalue weighted by atomic mass is 9.86. The molecule has 26 heavy (non-hydrogen) atoms. The SMILES string of the molecule is CC(C)(C)[C@H](N)C(=O)N1CCC(NC(=O)Nc2ccc(F)cc2)CC1.Cl. The Morgan fingerprint density at radius 1 is 1.19 bits per heavy atom. The highest BCUT2D eigenvalue weighted by Crippen LogP contribution is 2.21. The zero-order valence-corrected chi connectivity index (χ0v) is 16.2. The van der Waals surface area contributed by atoms with Crippen molar-refractivity contribution in [2.75, 3.05) is 18.4 Å². The van der Waals surface area contributed by atoms with Crippen LogP contribution in [0.5, 0.6) is 0 Å². The Kier molecular flexibility index (Phi) is 7.84. The van der Waals surface area contributed by atoms with Gasteiger partial charge in [0.05, 0.1) is 6.04 Å². The first-order valence-electron chi connectivity index (χ1n) is 8.54. The number of hydrogen-bond acceptors (Lipinski definition) is 3. The number of halogens is 2. The number of urea groups is 1. The second kappa shape index (κ2) is 9.19. The molecule has 0 bridgehead atoms. The van der Waals surface area contributed by atoms with E-state index in [4.69, 9.17) is 5.73 Å². The van der Waals surface area contributed by atoms with E-state index in [0.717, 1.165) is 0 Å². The van der Waals surface area contributed by atoms with Crippen LogP contribution in [0, 0.1) is 11.2 Å². The number of nitrogens with two attached hydrogens (primary N) is 1. The van der Waals surface area contributed by atoms with E-state index in [0.29, 0.717) is 31.6 Å². The smallest absolute Gasteiger partial charge is 0.319 e. The molecule has 1 atom stereocenters. The Balaban J connectivity index is 0.00000338. The predicted octanol–water partition coefficient (Wildman–Crippen LogP) is 2.73. The molecule has 1 saturated heterocycles. The number of benzene rings is 1. The average molecular weight is 387 g/mol. The molecule has 1 aliphatic heterocycles. The van der Waals surface area contributed by atoms with E-state index in [1.54, 1.807) is 4.90 Å². The van der Waals surface area contributed by atoms with E-state index >= 15 is 0 Å². The van der Waals surface area contributed by atoms with E-state index in [-0.39, 0.29) is 41.6 Å². The van der Waals surface area contributed by atoms with Gasteiger partial charge in [0.1, 0.15) is 5.82 Å². The molecule has 1 fully saturated rings. The number of nitrogens with zero attached hydrogens (tertiary/aromatic N) is 1. The molecule has 3 amide bonds. The minimum Gasteiger partial charge on any atom is -0.341 e. The lowest BCUT2D eigenvalue weighted by molar-refractivity contribution is -0.136. The van der Waals surface area contributed by atoms with Crippen molar-refractivity contribution in [3.05, 3.63) is 30.1 Å². The van der Waals surface area contributed by atoms with Gasteiger partial charge in [-0.1, -0.05) is 20.8 Å². The van der Waals surface area contributed by atoms with Crippen molar-refractivity contribution in [3.8, 4) is 0 Å². The Morgan fingerprint density at radius 3 is 2.23 bits per heavy atom. The topological polar surface area (TPSA) is 87.5 Å². The number of carbonyl (C=O) groups excluding carboxylic acids is 2. The molecule has 146 valence electrons. The third-order valence-electron chi connectivity index (χ3n) is 4.44. The van der Waals surface area contributed by atoms with Crippen LogP contribution in [0.3, 0.4) is 0 Å². The number of carbonyl (C=O) groups is 2. The number of piperidine rings is 1. The van der Waals surface area contributed by atoms with Crippen LogP contribution >= 0.6 is 12.4 Å². The second-order valence-corrected chi connectivity index (χ2v) is 7.55. The van der Waals surface area contributed by atoms with Gasteiger partial charge in [0.25, 0.3) is 0 Å². The molecule has 0 spiro atoms. The number of anilines is 1. The number of rotatable bonds is 3. The third kappa shape index (κ3) is 6.14.